The topological polar surface area (TPSA) is 12.0 Å². The van der Waals surface area contributed by atoms with Gasteiger partial charge in [0.15, 0.2) is 0 Å². The Balaban J connectivity index is 2.12. The van der Waals surface area contributed by atoms with E-state index in [1.807, 2.05) is 11.8 Å². The summed E-state index contributed by atoms with van der Waals surface area (Å²) >= 11 is 1.95. The third-order valence-corrected chi connectivity index (χ3v) is 3.89. The van der Waals surface area contributed by atoms with Crippen molar-refractivity contribution in [1.29, 1.82) is 0 Å². The lowest BCUT2D eigenvalue weighted by molar-refractivity contribution is 0.618. The van der Waals surface area contributed by atoms with E-state index in [0.717, 1.165) is 19.0 Å². The lowest BCUT2D eigenvalue weighted by Crippen LogP contribution is -2.14. The van der Waals surface area contributed by atoms with Crippen LogP contribution in [0.15, 0.2) is 24.3 Å². The Hall–Kier alpha value is -0.470. The monoisotopic (exact) mass is 279 g/mol. The van der Waals surface area contributed by atoms with Crippen LogP contribution in [0.4, 0.5) is 0 Å². The van der Waals surface area contributed by atoms with Crippen LogP contribution in [0.2, 0.25) is 0 Å². The molecule has 0 bridgehead atoms. The van der Waals surface area contributed by atoms with E-state index in [0.29, 0.717) is 0 Å². The standard InChI is InChI=1S/C17H29NS/c1-15(2)13-16-7-9-17(10-8-16)14-18-11-5-4-6-12-19-3/h7-10,15,18H,4-6,11-14H2,1-3H3. The van der Waals surface area contributed by atoms with Crippen LogP contribution < -0.4 is 5.32 Å². The van der Waals surface area contributed by atoms with E-state index in [9.17, 15) is 0 Å². The minimum atomic E-state index is 0.741. The zero-order chi connectivity index (χ0) is 13.9. The number of hydrogen-bond acceptors (Lipinski definition) is 2. The average molecular weight is 279 g/mol. The molecule has 19 heavy (non-hydrogen) atoms. The Kier molecular flexibility index (Phi) is 9.02. The first-order chi connectivity index (χ1) is 9.22. The van der Waals surface area contributed by atoms with Crippen molar-refractivity contribution in [2.75, 3.05) is 18.6 Å². The van der Waals surface area contributed by atoms with Crippen LogP contribution in [-0.4, -0.2) is 18.6 Å². The number of rotatable bonds is 10. The van der Waals surface area contributed by atoms with Gasteiger partial charge in [-0.15, -0.1) is 0 Å². The van der Waals surface area contributed by atoms with Gasteiger partial charge in [0, 0.05) is 6.54 Å². The minimum Gasteiger partial charge on any atom is -0.313 e. The molecule has 0 spiro atoms. The molecule has 1 aromatic carbocycles. The second-order valence-corrected chi connectivity index (χ2v) is 6.63. The fourth-order valence-corrected chi connectivity index (χ4v) is 2.66. The summed E-state index contributed by atoms with van der Waals surface area (Å²) in [6, 6.07) is 9.07. The highest BCUT2D eigenvalue weighted by Gasteiger charge is 1.98. The molecule has 0 saturated carbocycles. The lowest BCUT2D eigenvalue weighted by atomic mass is 10.0. The predicted octanol–water partition coefficient (Wildman–Crippen LogP) is 4.51. The Bertz CT molecular complexity index is 319. The van der Waals surface area contributed by atoms with Crippen molar-refractivity contribution in [3.8, 4) is 0 Å². The first-order valence-corrected chi connectivity index (χ1v) is 8.89. The van der Waals surface area contributed by atoms with Crippen LogP contribution in [0.5, 0.6) is 0 Å². The van der Waals surface area contributed by atoms with E-state index in [4.69, 9.17) is 0 Å². The van der Waals surface area contributed by atoms with Gasteiger partial charge in [-0.2, -0.15) is 11.8 Å². The maximum absolute atomic E-state index is 3.53. The summed E-state index contributed by atoms with van der Waals surface area (Å²) in [6.45, 7) is 6.69. The first kappa shape index (κ1) is 16.6. The average Bonchev–Trinajstić information content (AvgIpc) is 2.39. The van der Waals surface area contributed by atoms with Crippen LogP contribution in [0.3, 0.4) is 0 Å². The minimum absolute atomic E-state index is 0.741. The van der Waals surface area contributed by atoms with E-state index < -0.39 is 0 Å². The highest BCUT2D eigenvalue weighted by molar-refractivity contribution is 7.98. The zero-order valence-corrected chi connectivity index (χ0v) is 13.6. The van der Waals surface area contributed by atoms with E-state index >= 15 is 0 Å². The van der Waals surface area contributed by atoms with E-state index in [2.05, 4.69) is 49.7 Å². The van der Waals surface area contributed by atoms with E-state index in [1.54, 1.807) is 0 Å². The number of thioether (sulfide) groups is 1. The summed E-state index contributed by atoms with van der Waals surface area (Å²) in [5, 5.41) is 3.53. The highest BCUT2D eigenvalue weighted by Crippen LogP contribution is 2.09. The number of hydrogen-bond donors (Lipinski definition) is 1. The van der Waals surface area contributed by atoms with Crippen molar-refractivity contribution in [1.82, 2.24) is 5.32 Å². The van der Waals surface area contributed by atoms with Gasteiger partial charge in [-0.25, -0.2) is 0 Å². The van der Waals surface area contributed by atoms with Gasteiger partial charge in [-0.1, -0.05) is 44.5 Å². The Labute approximate surface area is 123 Å². The Morgan fingerprint density at radius 1 is 1.00 bits per heavy atom. The van der Waals surface area contributed by atoms with Crippen LogP contribution >= 0.6 is 11.8 Å². The molecule has 1 rings (SSSR count). The molecule has 0 heterocycles. The second-order valence-electron chi connectivity index (χ2n) is 5.64. The van der Waals surface area contributed by atoms with Crippen molar-refractivity contribution in [3.05, 3.63) is 35.4 Å². The van der Waals surface area contributed by atoms with Crippen LogP contribution in [0.1, 0.15) is 44.2 Å². The van der Waals surface area contributed by atoms with E-state index in [-0.39, 0.29) is 0 Å². The SMILES string of the molecule is CSCCCCCNCc1ccc(CC(C)C)cc1. The molecule has 1 nitrogen and oxygen atoms in total. The molecule has 0 aromatic heterocycles. The van der Waals surface area contributed by atoms with Crippen molar-refractivity contribution >= 4 is 11.8 Å². The molecule has 2 heteroatoms. The smallest absolute Gasteiger partial charge is 0.0205 e. The quantitative estimate of drug-likeness (QED) is 0.633. The van der Waals surface area contributed by atoms with Gasteiger partial charge >= 0.3 is 0 Å². The van der Waals surface area contributed by atoms with Crippen LogP contribution in [-0.2, 0) is 13.0 Å². The largest absolute Gasteiger partial charge is 0.313 e. The molecule has 0 amide bonds. The van der Waals surface area contributed by atoms with Gasteiger partial charge in [0.2, 0.25) is 0 Å². The Morgan fingerprint density at radius 2 is 1.68 bits per heavy atom. The van der Waals surface area contributed by atoms with Crippen molar-refractivity contribution in [2.24, 2.45) is 5.92 Å². The van der Waals surface area contributed by atoms with Crippen molar-refractivity contribution < 1.29 is 0 Å². The zero-order valence-electron chi connectivity index (χ0n) is 12.7. The molecule has 0 aliphatic heterocycles. The molecule has 108 valence electrons. The van der Waals surface area contributed by atoms with Gasteiger partial charge in [0.25, 0.3) is 0 Å². The van der Waals surface area contributed by atoms with Gasteiger partial charge in [-0.05, 0) is 54.9 Å². The van der Waals surface area contributed by atoms with Crippen molar-refractivity contribution in [2.45, 2.75) is 46.1 Å². The molecule has 0 radical (unpaired) electrons. The van der Waals surface area contributed by atoms with Crippen LogP contribution in [0, 0.1) is 5.92 Å². The highest BCUT2D eigenvalue weighted by atomic mass is 32.2. The summed E-state index contributed by atoms with van der Waals surface area (Å²) in [4.78, 5) is 0. The van der Waals surface area contributed by atoms with E-state index in [1.165, 1.54) is 42.6 Å². The Morgan fingerprint density at radius 3 is 2.32 bits per heavy atom. The molecule has 0 atom stereocenters. The molecular formula is C17H29NS. The molecule has 0 unspecified atom stereocenters. The summed E-state index contributed by atoms with van der Waals surface area (Å²) in [5.74, 6) is 2.04. The summed E-state index contributed by atoms with van der Waals surface area (Å²) in [6.07, 6.45) is 7.37. The molecular weight excluding hydrogens is 250 g/mol. The number of benzene rings is 1. The maximum Gasteiger partial charge on any atom is 0.0205 e. The molecule has 1 aromatic rings. The fraction of sp³-hybridized carbons (Fsp3) is 0.647. The van der Waals surface area contributed by atoms with Gasteiger partial charge < -0.3 is 5.32 Å². The third kappa shape index (κ3) is 8.33. The summed E-state index contributed by atoms with van der Waals surface area (Å²) in [7, 11) is 0. The molecule has 1 N–H and O–H groups in total. The second kappa shape index (κ2) is 10.3. The summed E-state index contributed by atoms with van der Waals surface area (Å²) in [5.41, 5.74) is 2.85. The van der Waals surface area contributed by atoms with Crippen molar-refractivity contribution in [3.63, 3.8) is 0 Å². The van der Waals surface area contributed by atoms with Crippen LogP contribution in [0.25, 0.3) is 0 Å². The third-order valence-electron chi connectivity index (χ3n) is 3.20. The molecule has 0 aliphatic rings. The van der Waals surface area contributed by atoms with Gasteiger partial charge in [0.1, 0.15) is 0 Å². The first-order valence-electron chi connectivity index (χ1n) is 7.50. The van der Waals surface area contributed by atoms with Gasteiger partial charge in [0.05, 0.1) is 0 Å². The lowest BCUT2D eigenvalue weighted by Gasteiger charge is -2.08. The molecule has 0 saturated heterocycles. The molecule has 0 aliphatic carbocycles. The molecule has 0 fully saturated rings. The summed E-state index contributed by atoms with van der Waals surface area (Å²) < 4.78 is 0. The fourth-order valence-electron chi connectivity index (χ4n) is 2.17. The predicted molar refractivity (Wildman–Crippen MR) is 88.9 cm³/mol. The van der Waals surface area contributed by atoms with Gasteiger partial charge in [-0.3, -0.25) is 0 Å². The normalized spacial score (nSPS) is 11.2. The number of nitrogens with one attached hydrogen (secondary N) is 1. The maximum atomic E-state index is 3.53. The number of unbranched alkanes of at least 4 members (excludes halogenated alkanes) is 2.